The van der Waals surface area contributed by atoms with Crippen molar-refractivity contribution in [3.05, 3.63) is 0 Å². The molecular formula is C21H40O4. The summed E-state index contributed by atoms with van der Waals surface area (Å²) in [6.45, 7) is 8.21. The van der Waals surface area contributed by atoms with Crippen molar-refractivity contribution in [3.63, 3.8) is 0 Å². The van der Waals surface area contributed by atoms with E-state index in [0.717, 1.165) is 57.8 Å². The van der Waals surface area contributed by atoms with Gasteiger partial charge in [-0.25, -0.2) is 0 Å². The summed E-state index contributed by atoms with van der Waals surface area (Å²) in [6.07, 6.45) is 10.4. The molecule has 4 nitrogen and oxygen atoms in total. The molecule has 0 heterocycles. The van der Waals surface area contributed by atoms with Crippen LogP contribution in [0.25, 0.3) is 0 Å². The third-order valence-electron chi connectivity index (χ3n) is 5.66. The molecule has 0 bridgehead atoms. The van der Waals surface area contributed by atoms with Gasteiger partial charge in [0.1, 0.15) is 0 Å². The van der Waals surface area contributed by atoms with Crippen molar-refractivity contribution in [2.45, 2.75) is 111 Å². The molecule has 0 saturated carbocycles. The number of carboxylic acid groups (broad SMARTS) is 2. The maximum atomic E-state index is 11.9. The molecule has 4 heteroatoms. The Bertz CT molecular complexity index is 385. The Kier molecular flexibility index (Phi) is 11.8. The van der Waals surface area contributed by atoms with Crippen LogP contribution in [0.4, 0.5) is 0 Å². The predicted molar refractivity (Wildman–Crippen MR) is 103 cm³/mol. The van der Waals surface area contributed by atoms with Gasteiger partial charge < -0.3 is 10.2 Å². The van der Waals surface area contributed by atoms with Crippen LogP contribution >= 0.6 is 0 Å². The van der Waals surface area contributed by atoms with Gasteiger partial charge in [0.25, 0.3) is 0 Å². The molecule has 0 aromatic rings. The van der Waals surface area contributed by atoms with Crippen molar-refractivity contribution in [1.29, 1.82) is 0 Å². The number of carboxylic acids is 2. The maximum Gasteiger partial charge on any atom is 0.309 e. The van der Waals surface area contributed by atoms with Crippen LogP contribution in [0.15, 0.2) is 0 Å². The van der Waals surface area contributed by atoms with E-state index in [-0.39, 0.29) is 0 Å². The Labute approximate surface area is 154 Å². The highest BCUT2D eigenvalue weighted by atomic mass is 16.4. The van der Waals surface area contributed by atoms with E-state index in [9.17, 15) is 19.8 Å². The topological polar surface area (TPSA) is 74.6 Å². The first kappa shape index (κ1) is 23.9. The van der Waals surface area contributed by atoms with Crippen LogP contribution in [0.3, 0.4) is 0 Å². The first-order chi connectivity index (χ1) is 11.8. The van der Waals surface area contributed by atoms with Crippen molar-refractivity contribution >= 4 is 11.9 Å². The summed E-state index contributed by atoms with van der Waals surface area (Å²) >= 11 is 0. The lowest BCUT2D eigenvalue weighted by Crippen LogP contribution is -2.32. The van der Waals surface area contributed by atoms with E-state index in [4.69, 9.17) is 0 Å². The molecule has 0 aliphatic rings. The first-order valence-electron chi connectivity index (χ1n) is 10.3. The molecule has 0 radical (unpaired) electrons. The van der Waals surface area contributed by atoms with Crippen LogP contribution in [0.5, 0.6) is 0 Å². The Morgan fingerprint density at radius 2 is 0.880 bits per heavy atom. The van der Waals surface area contributed by atoms with E-state index in [1.807, 2.05) is 20.8 Å². The van der Waals surface area contributed by atoms with Gasteiger partial charge in [0, 0.05) is 0 Å². The first-order valence-corrected chi connectivity index (χ1v) is 10.3. The second-order valence-corrected chi connectivity index (χ2v) is 7.73. The zero-order chi connectivity index (χ0) is 19.3. The molecule has 25 heavy (non-hydrogen) atoms. The largest absolute Gasteiger partial charge is 0.481 e. The molecule has 148 valence electrons. The van der Waals surface area contributed by atoms with Gasteiger partial charge >= 0.3 is 11.9 Å². The van der Waals surface area contributed by atoms with Gasteiger partial charge in [0.15, 0.2) is 0 Å². The van der Waals surface area contributed by atoms with E-state index < -0.39 is 22.8 Å². The van der Waals surface area contributed by atoms with Gasteiger partial charge in [0.2, 0.25) is 0 Å². The summed E-state index contributed by atoms with van der Waals surface area (Å²) in [5.41, 5.74) is -1.24. The number of hydrogen-bond donors (Lipinski definition) is 2. The SMILES string of the molecule is CCCCC(CCC)(CCCCC(CCC)(CCC)C(=O)O)C(=O)O. The van der Waals surface area contributed by atoms with Crippen molar-refractivity contribution in [1.82, 2.24) is 0 Å². The minimum atomic E-state index is -0.680. The Balaban J connectivity index is 4.88. The van der Waals surface area contributed by atoms with Crippen LogP contribution in [-0.2, 0) is 9.59 Å². The molecule has 1 unspecified atom stereocenters. The third-order valence-corrected chi connectivity index (χ3v) is 5.66. The summed E-state index contributed by atoms with van der Waals surface area (Å²) in [4.78, 5) is 23.8. The van der Waals surface area contributed by atoms with Gasteiger partial charge in [-0.3, -0.25) is 9.59 Å². The summed E-state index contributed by atoms with van der Waals surface area (Å²) < 4.78 is 0. The normalized spacial score (nSPS) is 14.2. The van der Waals surface area contributed by atoms with Crippen LogP contribution in [0, 0.1) is 10.8 Å². The molecule has 1 atom stereocenters. The van der Waals surface area contributed by atoms with E-state index >= 15 is 0 Å². The lowest BCUT2D eigenvalue weighted by Gasteiger charge is -2.31. The van der Waals surface area contributed by atoms with Crippen LogP contribution in [0.2, 0.25) is 0 Å². The molecule has 0 aliphatic carbocycles. The number of rotatable bonds is 16. The molecular weight excluding hydrogens is 316 g/mol. The fourth-order valence-electron chi connectivity index (χ4n) is 4.27. The number of aliphatic carboxylic acids is 2. The van der Waals surface area contributed by atoms with Crippen LogP contribution < -0.4 is 0 Å². The summed E-state index contributed by atoms with van der Waals surface area (Å²) in [6, 6.07) is 0. The number of carbonyl (C=O) groups is 2. The molecule has 0 aliphatic heterocycles. The van der Waals surface area contributed by atoms with Crippen molar-refractivity contribution in [2.24, 2.45) is 10.8 Å². The molecule has 0 spiro atoms. The molecule has 0 aromatic carbocycles. The van der Waals surface area contributed by atoms with Gasteiger partial charge in [-0.2, -0.15) is 0 Å². The van der Waals surface area contributed by atoms with Crippen molar-refractivity contribution < 1.29 is 19.8 Å². The Hall–Kier alpha value is -1.06. The molecule has 0 rings (SSSR count). The molecule has 2 N–H and O–H groups in total. The number of hydrogen-bond acceptors (Lipinski definition) is 2. The monoisotopic (exact) mass is 356 g/mol. The minimum Gasteiger partial charge on any atom is -0.481 e. The van der Waals surface area contributed by atoms with E-state index in [2.05, 4.69) is 6.92 Å². The fraction of sp³-hybridized carbons (Fsp3) is 0.905. The Morgan fingerprint density at radius 1 is 0.560 bits per heavy atom. The zero-order valence-electron chi connectivity index (χ0n) is 16.9. The van der Waals surface area contributed by atoms with E-state index in [1.54, 1.807) is 0 Å². The van der Waals surface area contributed by atoms with Crippen LogP contribution in [0.1, 0.15) is 111 Å². The Morgan fingerprint density at radius 3 is 1.16 bits per heavy atom. The average molecular weight is 357 g/mol. The van der Waals surface area contributed by atoms with Crippen molar-refractivity contribution in [3.8, 4) is 0 Å². The number of unbranched alkanes of at least 4 members (excludes halogenated alkanes) is 2. The predicted octanol–water partition coefficient (Wildman–Crippen LogP) is 6.28. The lowest BCUT2D eigenvalue weighted by molar-refractivity contribution is -0.152. The highest BCUT2D eigenvalue weighted by Gasteiger charge is 2.38. The second kappa shape index (κ2) is 12.3. The minimum absolute atomic E-state index is 0.619. The summed E-state index contributed by atoms with van der Waals surface area (Å²) in [5.74, 6) is -1.35. The van der Waals surface area contributed by atoms with E-state index in [1.165, 1.54) is 0 Å². The zero-order valence-corrected chi connectivity index (χ0v) is 16.9. The van der Waals surface area contributed by atoms with Gasteiger partial charge in [0.05, 0.1) is 10.8 Å². The summed E-state index contributed by atoms with van der Waals surface area (Å²) in [5, 5.41) is 19.5. The molecule has 0 fully saturated rings. The molecule has 0 aromatic heterocycles. The van der Waals surface area contributed by atoms with Gasteiger partial charge in [-0.1, -0.05) is 72.6 Å². The molecule has 0 saturated heterocycles. The quantitative estimate of drug-likeness (QED) is 0.319. The lowest BCUT2D eigenvalue weighted by atomic mass is 9.72. The second-order valence-electron chi connectivity index (χ2n) is 7.73. The fourth-order valence-corrected chi connectivity index (χ4v) is 4.27. The van der Waals surface area contributed by atoms with Crippen LogP contribution in [-0.4, -0.2) is 22.2 Å². The maximum absolute atomic E-state index is 11.9. The van der Waals surface area contributed by atoms with Crippen molar-refractivity contribution in [2.75, 3.05) is 0 Å². The van der Waals surface area contributed by atoms with Gasteiger partial charge in [-0.15, -0.1) is 0 Å². The highest BCUT2D eigenvalue weighted by molar-refractivity contribution is 5.75. The smallest absolute Gasteiger partial charge is 0.309 e. The standard InChI is InChI=1S/C21H40O4/c1-5-9-15-21(14-8-4,19(24)25)17-11-10-16-20(12-6-2,13-7-3)18(22)23/h5-17H2,1-4H3,(H,22,23)(H,24,25). The van der Waals surface area contributed by atoms with Gasteiger partial charge in [-0.05, 0) is 38.5 Å². The van der Waals surface area contributed by atoms with E-state index in [0.29, 0.717) is 25.7 Å². The molecule has 0 amide bonds. The average Bonchev–Trinajstić information content (AvgIpc) is 2.56. The summed E-state index contributed by atoms with van der Waals surface area (Å²) in [7, 11) is 0. The third kappa shape index (κ3) is 7.37. The highest BCUT2D eigenvalue weighted by Crippen LogP contribution is 2.39.